The Morgan fingerprint density at radius 3 is 2.03 bits per heavy atom. The number of hydrogen-bond donors (Lipinski definition) is 0. The standard InChI is InChI=1S/C27H22N2/c1-17-13-18(2)15-23(14-17)26-25-12-10-22-16-21(20-7-5-4-6-8-20)9-11-24(22)27(25)29-19(3)28-26/h4-16H,1-3H3. The van der Waals surface area contributed by atoms with Crippen LogP contribution in [0.2, 0.25) is 0 Å². The molecule has 0 aliphatic rings. The minimum Gasteiger partial charge on any atom is -0.233 e. The maximum Gasteiger partial charge on any atom is 0.126 e. The second-order valence-electron chi connectivity index (χ2n) is 7.76. The van der Waals surface area contributed by atoms with Gasteiger partial charge in [0.15, 0.2) is 0 Å². The lowest BCUT2D eigenvalue weighted by atomic mass is 9.97. The van der Waals surface area contributed by atoms with Crippen LogP contribution in [0.1, 0.15) is 17.0 Å². The van der Waals surface area contributed by atoms with Gasteiger partial charge in [-0.3, -0.25) is 0 Å². The number of rotatable bonds is 2. The van der Waals surface area contributed by atoms with E-state index in [0.29, 0.717) is 0 Å². The first-order valence-electron chi connectivity index (χ1n) is 9.94. The molecule has 0 amide bonds. The predicted molar refractivity (Wildman–Crippen MR) is 122 cm³/mol. The molecule has 0 saturated heterocycles. The van der Waals surface area contributed by atoms with Crippen LogP contribution in [-0.4, -0.2) is 9.97 Å². The van der Waals surface area contributed by atoms with Crippen molar-refractivity contribution in [2.45, 2.75) is 20.8 Å². The Hall–Kier alpha value is -3.52. The monoisotopic (exact) mass is 374 g/mol. The molecule has 5 rings (SSSR count). The van der Waals surface area contributed by atoms with Crippen LogP contribution in [0.4, 0.5) is 0 Å². The van der Waals surface area contributed by atoms with Crippen molar-refractivity contribution >= 4 is 21.7 Å². The van der Waals surface area contributed by atoms with Crippen molar-refractivity contribution in [2.75, 3.05) is 0 Å². The zero-order valence-corrected chi connectivity index (χ0v) is 16.9. The zero-order valence-electron chi connectivity index (χ0n) is 16.9. The summed E-state index contributed by atoms with van der Waals surface area (Å²) in [5.74, 6) is 0.797. The van der Waals surface area contributed by atoms with Gasteiger partial charge in [0.2, 0.25) is 0 Å². The third-order valence-electron chi connectivity index (χ3n) is 5.40. The molecule has 2 heteroatoms. The van der Waals surface area contributed by atoms with Gasteiger partial charge < -0.3 is 0 Å². The molecule has 2 nitrogen and oxygen atoms in total. The van der Waals surface area contributed by atoms with Gasteiger partial charge in [0.1, 0.15) is 5.82 Å². The molecular weight excluding hydrogens is 352 g/mol. The summed E-state index contributed by atoms with van der Waals surface area (Å²) in [6.07, 6.45) is 0. The highest BCUT2D eigenvalue weighted by molar-refractivity contribution is 6.10. The van der Waals surface area contributed by atoms with Crippen LogP contribution < -0.4 is 0 Å². The molecule has 0 atom stereocenters. The molecule has 29 heavy (non-hydrogen) atoms. The Kier molecular flexibility index (Phi) is 4.13. The smallest absolute Gasteiger partial charge is 0.126 e. The van der Waals surface area contributed by atoms with Gasteiger partial charge in [-0.2, -0.15) is 0 Å². The maximum atomic E-state index is 4.83. The lowest BCUT2D eigenvalue weighted by molar-refractivity contribution is 1.10. The van der Waals surface area contributed by atoms with E-state index in [1.165, 1.54) is 33.0 Å². The van der Waals surface area contributed by atoms with Crippen molar-refractivity contribution in [2.24, 2.45) is 0 Å². The van der Waals surface area contributed by atoms with Gasteiger partial charge in [0.25, 0.3) is 0 Å². The van der Waals surface area contributed by atoms with E-state index < -0.39 is 0 Å². The van der Waals surface area contributed by atoms with E-state index in [1.54, 1.807) is 0 Å². The fourth-order valence-electron chi connectivity index (χ4n) is 4.18. The Labute approximate surface area is 170 Å². The van der Waals surface area contributed by atoms with E-state index >= 15 is 0 Å². The SMILES string of the molecule is Cc1cc(C)cc(-c2nc(C)nc3c2ccc2cc(-c4ccccc4)ccc23)c1. The topological polar surface area (TPSA) is 25.8 Å². The zero-order chi connectivity index (χ0) is 20.0. The van der Waals surface area contributed by atoms with Gasteiger partial charge in [0, 0.05) is 16.3 Å². The highest BCUT2D eigenvalue weighted by Crippen LogP contribution is 2.33. The van der Waals surface area contributed by atoms with Gasteiger partial charge in [-0.05, 0) is 61.5 Å². The van der Waals surface area contributed by atoms with Gasteiger partial charge in [0.05, 0.1) is 11.2 Å². The summed E-state index contributed by atoms with van der Waals surface area (Å²) in [4.78, 5) is 9.64. The number of aryl methyl sites for hydroxylation is 3. The molecule has 0 aliphatic heterocycles. The molecule has 1 heterocycles. The van der Waals surface area contributed by atoms with Crippen molar-refractivity contribution in [1.29, 1.82) is 0 Å². The molecule has 0 fully saturated rings. The summed E-state index contributed by atoms with van der Waals surface area (Å²) >= 11 is 0. The van der Waals surface area contributed by atoms with E-state index in [0.717, 1.165) is 28.0 Å². The van der Waals surface area contributed by atoms with E-state index in [-0.39, 0.29) is 0 Å². The molecule has 0 saturated carbocycles. The van der Waals surface area contributed by atoms with Crippen LogP contribution in [0.5, 0.6) is 0 Å². The van der Waals surface area contributed by atoms with Crippen LogP contribution in [0.3, 0.4) is 0 Å². The van der Waals surface area contributed by atoms with Crippen LogP contribution in [-0.2, 0) is 0 Å². The van der Waals surface area contributed by atoms with Gasteiger partial charge in [-0.15, -0.1) is 0 Å². The maximum absolute atomic E-state index is 4.83. The van der Waals surface area contributed by atoms with E-state index in [1.807, 2.05) is 13.0 Å². The first-order valence-corrected chi connectivity index (χ1v) is 9.94. The quantitative estimate of drug-likeness (QED) is 0.310. The number of fused-ring (bicyclic) bond motifs is 3. The van der Waals surface area contributed by atoms with Crippen LogP contribution in [0, 0.1) is 20.8 Å². The molecule has 5 aromatic rings. The summed E-state index contributed by atoms with van der Waals surface area (Å²) in [6.45, 7) is 6.24. The van der Waals surface area contributed by atoms with Crippen molar-refractivity contribution in [3.63, 3.8) is 0 Å². The highest BCUT2D eigenvalue weighted by atomic mass is 14.9. The van der Waals surface area contributed by atoms with Crippen molar-refractivity contribution in [3.8, 4) is 22.4 Å². The van der Waals surface area contributed by atoms with Crippen molar-refractivity contribution in [1.82, 2.24) is 9.97 Å². The summed E-state index contributed by atoms with van der Waals surface area (Å²) in [6, 6.07) is 28.1. The third-order valence-corrected chi connectivity index (χ3v) is 5.40. The Balaban J connectivity index is 1.76. The van der Waals surface area contributed by atoms with Crippen LogP contribution in [0.25, 0.3) is 44.1 Å². The molecule has 140 valence electrons. The van der Waals surface area contributed by atoms with Crippen molar-refractivity contribution in [3.05, 3.63) is 95.8 Å². The first kappa shape index (κ1) is 17.6. The highest BCUT2D eigenvalue weighted by Gasteiger charge is 2.12. The van der Waals surface area contributed by atoms with Crippen molar-refractivity contribution < 1.29 is 0 Å². The minimum atomic E-state index is 0.797. The van der Waals surface area contributed by atoms with Crippen LogP contribution in [0.15, 0.2) is 78.9 Å². The predicted octanol–water partition coefficient (Wildman–Crippen LogP) is 7.04. The number of aromatic nitrogens is 2. The second kappa shape index (κ2) is 6.82. The normalized spacial score (nSPS) is 11.3. The number of nitrogens with zero attached hydrogens (tertiary/aromatic N) is 2. The van der Waals surface area contributed by atoms with E-state index in [4.69, 9.17) is 9.97 Å². The third kappa shape index (κ3) is 3.17. The molecule has 0 spiro atoms. The summed E-state index contributed by atoms with van der Waals surface area (Å²) < 4.78 is 0. The number of hydrogen-bond acceptors (Lipinski definition) is 2. The molecule has 0 aliphatic carbocycles. The Morgan fingerprint density at radius 1 is 0.552 bits per heavy atom. The molecule has 0 radical (unpaired) electrons. The van der Waals surface area contributed by atoms with E-state index in [9.17, 15) is 0 Å². The largest absolute Gasteiger partial charge is 0.233 e. The molecule has 1 aromatic heterocycles. The molecule has 0 N–H and O–H groups in total. The lowest BCUT2D eigenvalue weighted by Gasteiger charge is -2.12. The molecule has 0 unspecified atom stereocenters. The first-order chi connectivity index (χ1) is 14.1. The van der Waals surface area contributed by atoms with Crippen LogP contribution >= 0.6 is 0 Å². The Bertz CT molecular complexity index is 1350. The Morgan fingerprint density at radius 2 is 1.28 bits per heavy atom. The second-order valence-corrected chi connectivity index (χ2v) is 7.76. The lowest BCUT2D eigenvalue weighted by Crippen LogP contribution is -1.96. The molecular formula is C27H22N2. The van der Waals surface area contributed by atoms with Gasteiger partial charge in [-0.25, -0.2) is 9.97 Å². The fraction of sp³-hybridized carbons (Fsp3) is 0.111. The summed E-state index contributed by atoms with van der Waals surface area (Å²) in [5.41, 5.74) is 8.12. The fourth-order valence-corrected chi connectivity index (χ4v) is 4.18. The average Bonchev–Trinajstić information content (AvgIpc) is 2.72. The molecule has 0 bridgehead atoms. The summed E-state index contributed by atoms with van der Waals surface area (Å²) in [5, 5.41) is 3.46. The van der Waals surface area contributed by atoms with E-state index in [2.05, 4.69) is 86.6 Å². The van der Waals surface area contributed by atoms with Gasteiger partial charge >= 0.3 is 0 Å². The minimum absolute atomic E-state index is 0.797. The number of benzene rings is 4. The molecule has 4 aromatic carbocycles. The summed E-state index contributed by atoms with van der Waals surface area (Å²) in [7, 11) is 0. The van der Waals surface area contributed by atoms with Gasteiger partial charge in [-0.1, -0.05) is 65.7 Å². The average molecular weight is 374 g/mol.